The predicted octanol–water partition coefficient (Wildman–Crippen LogP) is 3.15. The Morgan fingerprint density at radius 1 is 1.35 bits per heavy atom. The van der Waals surface area contributed by atoms with Gasteiger partial charge in [0.2, 0.25) is 5.91 Å². The van der Waals surface area contributed by atoms with Crippen molar-refractivity contribution in [3.8, 4) is 0 Å². The van der Waals surface area contributed by atoms with E-state index in [1.54, 1.807) is 22.4 Å². The Labute approximate surface area is 158 Å². The van der Waals surface area contributed by atoms with Crippen LogP contribution < -0.4 is 10.9 Å². The number of hydrogen-bond donors (Lipinski definition) is 1. The van der Waals surface area contributed by atoms with E-state index in [2.05, 4.69) is 22.4 Å². The summed E-state index contributed by atoms with van der Waals surface area (Å²) >= 11 is 1.56. The molecule has 1 atom stereocenters. The van der Waals surface area contributed by atoms with E-state index in [0.717, 1.165) is 29.4 Å². The quantitative estimate of drug-likeness (QED) is 0.600. The minimum absolute atomic E-state index is 0.00338. The molecule has 0 aliphatic carbocycles. The van der Waals surface area contributed by atoms with E-state index >= 15 is 0 Å². The molecule has 2 aromatic rings. The number of aromatic nitrogens is 2. The van der Waals surface area contributed by atoms with E-state index in [9.17, 15) is 9.59 Å². The van der Waals surface area contributed by atoms with Crippen molar-refractivity contribution in [1.29, 1.82) is 0 Å². The first-order chi connectivity index (χ1) is 12.5. The van der Waals surface area contributed by atoms with E-state index in [0.29, 0.717) is 13.0 Å². The number of carbonyl (C=O) groups is 1. The second-order valence-electron chi connectivity index (χ2n) is 6.93. The summed E-state index contributed by atoms with van der Waals surface area (Å²) in [5, 5.41) is 3.71. The van der Waals surface area contributed by atoms with Gasteiger partial charge in [-0.15, -0.1) is 0 Å². The number of carbonyl (C=O) groups excluding carboxylic acids is 1. The molecular weight excluding hydrogens is 346 g/mol. The highest BCUT2D eigenvalue weighted by Crippen LogP contribution is 2.32. The Hall–Kier alpha value is -2.08. The average Bonchev–Trinajstić information content (AvgIpc) is 3.03. The molecule has 0 saturated heterocycles. The number of amides is 1. The molecule has 1 aromatic carbocycles. The average molecular weight is 372 g/mol. The van der Waals surface area contributed by atoms with Gasteiger partial charge in [0.1, 0.15) is 0 Å². The molecule has 1 aliphatic rings. The molecule has 3 rings (SSSR count). The lowest BCUT2D eigenvalue weighted by atomic mass is 10.1. The van der Waals surface area contributed by atoms with Crippen LogP contribution >= 0.6 is 11.8 Å². The van der Waals surface area contributed by atoms with E-state index in [-0.39, 0.29) is 23.4 Å². The molecule has 0 saturated carbocycles. The maximum Gasteiger partial charge on any atom is 0.254 e. The van der Waals surface area contributed by atoms with Crippen LogP contribution in [0.2, 0.25) is 0 Å². The van der Waals surface area contributed by atoms with Crippen molar-refractivity contribution >= 4 is 17.7 Å². The molecular formula is C20H25N3O2S. The molecule has 5 nitrogen and oxygen atoms in total. The first kappa shape index (κ1) is 18.7. The Balaban J connectivity index is 1.51. The van der Waals surface area contributed by atoms with Gasteiger partial charge in [-0.25, -0.2) is 4.98 Å². The SMILES string of the molecule is CC(C)c1cc(=O)n2c(n1)SCC2CC(=O)NCCCc1ccccc1. The number of thioether (sulfide) groups is 1. The van der Waals surface area contributed by atoms with Gasteiger partial charge in [-0.3, -0.25) is 14.2 Å². The van der Waals surface area contributed by atoms with Crippen LogP contribution in [-0.4, -0.2) is 27.8 Å². The van der Waals surface area contributed by atoms with Crippen molar-refractivity contribution in [2.75, 3.05) is 12.3 Å². The van der Waals surface area contributed by atoms with Crippen LogP contribution in [0.4, 0.5) is 0 Å². The van der Waals surface area contributed by atoms with Gasteiger partial charge in [0.05, 0.1) is 11.7 Å². The number of rotatable bonds is 7. The maximum absolute atomic E-state index is 12.4. The van der Waals surface area contributed by atoms with Gasteiger partial charge in [0, 0.05) is 24.8 Å². The molecule has 0 bridgehead atoms. The molecule has 1 aromatic heterocycles. The van der Waals surface area contributed by atoms with Crippen LogP contribution in [0.1, 0.15) is 49.9 Å². The number of aryl methyl sites for hydroxylation is 1. The molecule has 0 fully saturated rings. The van der Waals surface area contributed by atoms with E-state index < -0.39 is 0 Å². The summed E-state index contributed by atoms with van der Waals surface area (Å²) in [6.07, 6.45) is 2.18. The van der Waals surface area contributed by atoms with Gasteiger partial charge in [-0.1, -0.05) is 55.9 Å². The fourth-order valence-electron chi connectivity index (χ4n) is 3.07. The van der Waals surface area contributed by atoms with Crippen molar-refractivity contribution in [3.05, 3.63) is 58.0 Å². The maximum atomic E-state index is 12.4. The molecule has 26 heavy (non-hydrogen) atoms. The number of nitrogens with one attached hydrogen (secondary N) is 1. The molecule has 1 amide bonds. The summed E-state index contributed by atoms with van der Waals surface area (Å²) in [7, 11) is 0. The lowest BCUT2D eigenvalue weighted by molar-refractivity contribution is -0.121. The Morgan fingerprint density at radius 2 is 2.12 bits per heavy atom. The highest BCUT2D eigenvalue weighted by molar-refractivity contribution is 7.99. The molecule has 2 heterocycles. The van der Waals surface area contributed by atoms with Crippen molar-refractivity contribution < 1.29 is 4.79 Å². The molecule has 1 unspecified atom stereocenters. The smallest absolute Gasteiger partial charge is 0.254 e. The number of hydrogen-bond acceptors (Lipinski definition) is 4. The molecule has 1 aliphatic heterocycles. The van der Waals surface area contributed by atoms with Gasteiger partial charge in [-0.2, -0.15) is 0 Å². The second-order valence-corrected chi connectivity index (χ2v) is 7.92. The third-order valence-electron chi connectivity index (χ3n) is 4.53. The first-order valence-corrected chi connectivity index (χ1v) is 10.1. The van der Waals surface area contributed by atoms with Gasteiger partial charge in [0.25, 0.3) is 5.56 Å². The lowest BCUT2D eigenvalue weighted by Crippen LogP contribution is -2.31. The zero-order valence-electron chi connectivity index (χ0n) is 15.3. The summed E-state index contributed by atoms with van der Waals surface area (Å²) in [5.41, 5.74) is 2.05. The van der Waals surface area contributed by atoms with Crippen molar-refractivity contribution in [2.24, 2.45) is 0 Å². The van der Waals surface area contributed by atoms with E-state index in [4.69, 9.17) is 0 Å². The minimum Gasteiger partial charge on any atom is -0.356 e. The van der Waals surface area contributed by atoms with Gasteiger partial charge >= 0.3 is 0 Å². The van der Waals surface area contributed by atoms with Crippen LogP contribution in [-0.2, 0) is 11.2 Å². The van der Waals surface area contributed by atoms with Crippen LogP contribution in [0, 0.1) is 0 Å². The minimum atomic E-state index is -0.106. The first-order valence-electron chi connectivity index (χ1n) is 9.11. The number of nitrogens with zero attached hydrogens (tertiary/aromatic N) is 2. The standard InChI is InChI=1S/C20H25N3O2S/c1-14(2)17-12-19(25)23-16(13-26-20(23)22-17)11-18(24)21-10-6-9-15-7-4-3-5-8-15/h3-5,7-8,12,14,16H,6,9-11,13H2,1-2H3,(H,21,24). The molecule has 0 spiro atoms. The number of fused-ring (bicyclic) bond motifs is 1. The third kappa shape index (κ3) is 4.55. The topological polar surface area (TPSA) is 64.0 Å². The zero-order valence-corrected chi connectivity index (χ0v) is 16.1. The van der Waals surface area contributed by atoms with Gasteiger partial charge < -0.3 is 5.32 Å². The van der Waals surface area contributed by atoms with Crippen molar-refractivity contribution in [2.45, 2.75) is 50.2 Å². The van der Waals surface area contributed by atoms with Crippen molar-refractivity contribution in [1.82, 2.24) is 14.9 Å². The Bertz CT molecular complexity index is 818. The van der Waals surface area contributed by atoms with Crippen LogP contribution in [0.5, 0.6) is 0 Å². The fourth-order valence-corrected chi connectivity index (χ4v) is 4.22. The normalized spacial score (nSPS) is 15.9. The number of benzene rings is 1. The third-order valence-corrected chi connectivity index (χ3v) is 5.63. The van der Waals surface area contributed by atoms with Crippen LogP contribution in [0.3, 0.4) is 0 Å². The lowest BCUT2D eigenvalue weighted by Gasteiger charge is -2.14. The van der Waals surface area contributed by atoms with Crippen molar-refractivity contribution in [3.63, 3.8) is 0 Å². The molecule has 0 radical (unpaired) electrons. The van der Waals surface area contributed by atoms with E-state index in [1.165, 1.54) is 5.56 Å². The summed E-state index contributed by atoms with van der Waals surface area (Å²) in [6.45, 7) is 4.71. The molecule has 138 valence electrons. The molecule has 1 N–H and O–H groups in total. The van der Waals surface area contributed by atoms with Crippen LogP contribution in [0.15, 0.2) is 46.3 Å². The predicted molar refractivity (Wildman–Crippen MR) is 105 cm³/mol. The van der Waals surface area contributed by atoms with E-state index in [1.807, 2.05) is 32.0 Å². The summed E-state index contributed by atoms with van der Waals surface area (Å²) < 4.78 is 1.68. The zero-order chi connectivity index (χ0) is 18.5. The second kappa shape index (κ2) is 8.54. The fraction of sp³-hybridized carbons (Fsp3) is 0.450. The summed E-state index contributed by atoms with van der Waals surface area (Å²) in [5.74, 6) is 0.943. The highest BCUT2D eigenvalue weighted by Gasteiger charge is 2.27. The summed E-state index contributed by atoms with van der Waals surface area (Å²) in [6, 6.07) is 11.7. The van der Waals surface area contributed by atoms with Gasteiger partial charge in [0.15, 0.2) is 5.16 Å². The Kier molecular flexibility index (Phi) is 6.14. The largest absolute Gasteiger partial charge is 0.356 e. The van der Waals surface area contributed by atoms with Crippen LogP contribution in [0.25, 0.3) is 0 Å². The monoisotopic (exact) mass is 371 g/mol. The highest BCUT2D eigenvalue weighted by atomic mass is 32.2. The van der Waals surface area contributed by atoms with Gasteiger partial charge in [-0.05, 0) is 24.3 Å². The Morgan fingerprint density at radius 3 is 2.85 bits per heavy atom. The molecule has 6 heteroatoms. The summed E-state index contributed by atoms with van der Waals surface area (Å²) in [4.78, 5) is 29.2.